The van der Waals surface area contributed by atoms with Crippen LogP contribution in [0.2, 0.25) is 0 Å². The number of anilines is 1. The Hall–Kier alpha value is -1.66. The van der Waals surface area contributed by atoms with Crippen LogP contribution in [0.1, 0.15) is 12.0 Å². The molecule has 0 spiro atoms. The number of aliphatic hydroxyl groups excluding tert-OH is 2. The van der Waals surface area contributed by atoms with E-state index in [4.69, 9.17) is 0 Å². The molecule has 1 atom stereocenters. The molecule has 1 heterocycles. The third kappa shape index (κ3) is 2.37. The maximum absolute atomic E-state index is 10.6. The highest BCUT2D eigenvalue weighted by atomic mass is 16.6. The van der Waals surface area contributed by atoms with Crippen molar-refractivity contribution in [3.63, 3.8) is 0 Å². The monoisotopic (exact) mass is 238 g/mol. The molecule has 17 heavy (non-hydrogen) atoms. The normalized spacial score (nSPS) is 19.6. The first-order valence-corrected chi connectivity index (χ1v) is 5.43. The summed E-state index contributed by atoms with van der Waals surface area (Å²) in [5, 5.41) is 29.3. The third-order valence-corrected chi connectivity index (χ3v) is 2.95. The summed E-state index contributed by atoms with van der Waals surface area (Å²) in [4.78, 5) is 12.1. The lowest BCUT2D eigenvalue weighted by atomic mass is 10.1. The molecule has 0 aliphatic carbocycles. The molecule has 0 amide bonds. The van der Waals surface area contributed by atoms with Crippen molar-refractivity contribution in [2.75, 3.05) is 18.0 Å². The van der Waals surface area contributed by atoms with Crippen LogP contribution < -0.4 is 4.90 Å². The lowest BCUT2D eigenvalue weighted by molar-refractivity contribution is -0.384. The van der Waals surface area contributed by atoms with Gasteiger partial charge in [-0.25, -0.2) is 0 Å². The number of aliphatic hydroxyl groups is 2. The van der Waals surface area contributed by atoms with Crippen molar-refractivity contribution in [2.24, 2.45) is 0 Å². The van der Waals surface area contributed by atoms with Crippen LogP contribution in [0, 0.1) is 10.1 Å². The van der Waals surface area contributed by atoms with Gasteiger partial charge in [-0.1, -0.05) is 0 Å². The summed E-state index contributed by atoms with van der Waals surface area (Å²) in [7, 11) is 0. The number of benzene rings is 1. The first-order valence-electron chi connectivity index (χ1n) is 5.43. The number of non-ortho nitro benzene ring substituents is 1. The zero-order valence-corrected chi connectivity index (χ0v) is 9.24. The van der Waals surface area contributed by atoms with Crippen molar-refractivity contribution >= 4 is 11.4 Å². The van der Waals surface area contributed by atoms with E-state index < -0.39 is 4.92 Å². The molecule has 1 fully saturated rings. The van der Waals surface area contributed by atoms with E-state index >= 15 is 0 Å². The summed E-state index contributed by atoms with van der Waals surface area (Å²) in [6, 6.07) is 4.42. The van der Waals surface area contributed by atoms with Crippen LogP contribution in [0.15, 0.2) is 18.2 Å². The number of nitro benzene ring substituents is 1. The summed E-state index contributed by atoms with van der Waals surface area (Å²) in [5.41, 5.74) is 1.25. The van der Waals surface area contributed by atoms with Gasteiger partial charge in [0.2, 0.25) is 0 Å². The van der Waals surface area contributed by atoms with E-state index in [0.29, 0.717) is 25.1 Å². The van der Waals surface area contributed by atoms with Crippen LogP contribution in [0.5, 0.6) is 0 Å². The Morgan fingerprint density at radius 1 is 1.53 bits per heavy atom. The molecule has 0 bridgehead atoms. The Balaban J connectivity index is 2.31. The van der Waals surface area contributed by atoms with E-state index in [0.717, 1.165) is 5.69 Å². The Morgan fingerprint density at radius 3 is 2.82 bits per heavy atom. The second-order valence-corrected chi connectivity index (χ2v) is 4.12. The van der Waals surface area contributed by atoms with Crippen molar-refractivity contribution in [1.82, 2.24) is 0 Å². The second-order valence-electron chi connectivity index (χ2n) is 4.12. The van der Waals surface area contributed by atoms with Crippen LogP contribution in [0.3, 0.4) is 0 Å². The highest BCUT2D eigenvalue weighted by molar-refractivity contribution is 5.58. The summed E-state index contributed by atoms with van der Waals surface area (Å²) in [5.74, 6) is 0. The Bertz CT molecular complexity index is 435. The van der Waals surface area contributed by atoms with E-state index in [-0.39, 0.29) is 18.4 Å². The minimum absolute atomic E-state index is 0.0301. The van der Waals surface area contributed by atoms with Gasteiger partial charge in [-0.05, 0) is 12.5 Å². The molecular formula is C11H14N2O4. The van der Waals surface area contributed by atoms with Gasteiger partial charge in [-0.3, -0.25) is 10.1 Å². The fourth-order valence-electron chi connectivity index (χ4n) is 2.08. The van der Waals surface area contributed by atoms with Crippen LogP contribution in [-0.2, 0) is 6.61 Å². The summed E-state index contributed by atoms with van der Waals surface area (Å²) in [6.45, 7) is 0.959. The highest BCUT2D eigenvalue weighted by Crippen LogP contribution is 2.28. The molecule has 1 aliphatic heterocycles. The maximum Gasteiger partial charge on any atom is 0.269 e. The van der Waals surface area contributed by atoms with E-state index in [9.17, 15) is 20.3 Å². The molecule has 1 saturated heterocycles. The molecule has 92 valence electrons. The van der Waals surface area contributed by atoms with Gasteiger partial charge in [-0.2, -0.15) is 0 Å². The number of rotatable bonds is 3. The largest absolute Gasteiger partial charge is 0.392 e. The SMILES string of the molecule is O=[N+]([O-])c1ccc(N2CCC(O)C2)c(CO)c1. The lowest BCUT2D eigenvalue weighted by Gasteiger charge is -2.20. The first-order chi connectivity index (χ1) is 8.11. The summed E-state index contributed by atoms with van der Waals surface area (Å²) in [6.07, 6.45) is 0.318. The van der Waals surface area contributed by atoms with Gasteiger partial charge in [0, 0.05) is 36.5 Å². The molecule has 0 radical (unpaired) electrons. The van der Waals surface area contributed by atoms with Gasteiger partial charge < -0.3 is 15.1 Å². The number of nitrogens with zero attached hydrogens (tertiary/aromatic N) is 2. The van der Waals surface area contributed by atoms with Crippen molar-refractivity contribution < 1.29 is 15.1 Å². The van der Waals surface area contributed by atoms with Crippen molar-refractivity contribution in [1.29, 1.82) is 0 Å². The van der Waals surface area contributed by atoms with Crippen molar-refractivity contribution in [3.8, 4) is 0 Å². The van der Waals surface area contributed by atoms with Crippen LogP contribution in [0.4, 0.5) is 11.4 Å². The average Bonchev–Trinajstić information content (AvgIpc) is 2.74. The van der Waals surface area contributed by atoms with E-state index in [1.165, 1.54) is 12.1 Å². The molecule has 6 nitrogen and oxygen atoms in total. The van der Waals surface area contributed by atoms with Crippen LogP contribution in [-0.4, -0.2) is 34.3 Å². The molecule has 1 aliphatic rings. The van der Waals surface area contributed by atoms with E-state index in [2.05, 4.69) is 0 Å². The smallest absolute Gasteiger partial charge is 0.269 e. The molecule has 2 rings (SSSR count). The van der Waals surface area contributed by atoms with Gasteiger partial charge in [0.15, 0.2) is 0 Å². The topological polar surface area (TPSA) is 86.8 Å². The zero-order chi connectivity index (χ0) is 12.4. The standard InChI is InChI=1S/C11H14N2O4/c14-7-8-5-9(13(16)17)1-2-11(8)12-4-3-10(15)6-12/h1-2,5,10,14-15H,3-4,6-7H2. The molecular weight excluding hydrogens is 224 g/mol. The maximum atomic E-state index is 10.6. The molecule has 2 N–H and O–H groups in total. The lowest BCUT2D eigenvalue weighted by Crippen LogP contribution is -2.22. The second kappa shape index (κ2) is 4.68. The predicted octanol–water partition coefficient (Wildman–Crippen LogP) is 0.658. The Labute approximate surface area is 98.3 Å². The number of hydrogen-bond acceptors (Lipinski definition) is 5. The van der Waals surface area contributed by atoms with Gasteiger partial charge in [0.05, 0.1) is 17.6 Å². The van der Waals surface area contributed by atoms with Gasteiger partial charge in [0.1, 0.15) is 0 Å². The van der Waals surface area contributed by atoms with Gasteiger partial charge in [0.25, 0.3) is 5.69 Å². The summed E-state index contributed by atoms with van der Waals surface area (Å²) >= 11 is 0. The van der Waals surface area contributed by atoms with E-state index in [1.54, 1.807) is 6.07 Å². The molecule has 0 saturated carbocycles. The minimum Gasteiger partial charge on any atom is -0.392 e. The molecule has 1 aromatic rings. The minimum atomic E-state index is -0.484. The Kier molecular flexibility index (Phi) is 3.26. The highest BCUT2D eigenvalue weighted by Gasteiger charge is 2.23. The van der Waals surface area contributed by atoms with Crippen molar-refractivity contribution in [3.05, 3.63) is 33.9 Å². The zero-order valence-electron chi connectivity index (χ0n) is 9.24. The molecule has 1 unspecified atom stereocenters. The molecule has 0 aromatic heterocycles. The number of hydrogen-bond donors (Lipinski definition) is 2. The van der Waals surface area contributed by atoms with Crippen molar-refractivity contribution in [2.45, 2.75) is 19.1 Å². The predicted molar refractivity (Wildman–Crippen MR) is 61.9 cm³/mol. The van der Waals surface area contributed by atoms with Crippen LogP contribution >= 0.6 is 0 Å². The van der Waals surface area contributed by atoms with Crippen LogP contribution in [0.25, 0.3) is 0 Å². The first kappa shape index (κ1) is 11.8. The average molecular weight is 238 g/mol. The third-order valence-electron chi connectivity index (χ3n) is 2.95. The van der Waals surface area contributed by atoms with E-state index in [1.807, 2.05) is 4.90 Å². The quantitative estimate of drug-likeness (QED) is 0.596. The fraction of sp³-hybridized carbons (Fsp3) is 0.455. The molecule has 6 heteroatoms. The van der Waals surface area contributed by atoms with Gasteiger partial charge >= 0.3 is 0 Å². The number of nitro groups is 1. The summed E-state index contributed by atoms with van der Waals surface area (Å²) < 4.78 is 0. The van der Waals surface area contributed by atoms with Gasteiger partial charge in [-0.15, -0.1) is 0 Å². The fourth-order valence-corrected chi connectivity index (χ4v) is 2.08. The number of β-amino-alcohol motifs (C(OH)–C–C–N with tert-alkyl or cyclic N) is 1. The Morgan fingerprint density at radius 2 is 2.29 bits per heavy atom. The molecule has 1 aromatic carbocycles.